The molecule has 15 heavy (non-hydrogen) atoms. The van der Waals surface area contributed by atoms with Gasteiger partial charge in [0, 0.05) is 5.69 Å². The van der Waals surface area contributed by atoms with Crippen molar-refractivity contribution in [1.29, 1.82) is 0 Å². The van der Waals surface area contributed by atoms with Crippen LogP contribution in [0, 0.1) is 11.2 Å². The Morgan fingerprint density at radius 1 is 1.27 bits per heavy atom. The van der Waals surface area contributed by atoms with Crippen LogP contribution in [0.3, 0.4) is 0 Å². The molecular weight excluding hydrogens is 191 g/mol. The van der Waals surface area contributed by atoms with Gasteiger partial charge in [-0.05, 0) is 55.8 Å². The number of hydrogen-bond donors (Lipinski definition) is 1. The van der Waals surface area contributed by atoms with Crippen molar-refractivity contribution >= 4 is 0 Å². The maximum atomic E-state index is 13.0. The summed E-state index contributed by atoms with van der Waals surface area (Å²) in [5.74, 6) is -0.195. The molecule has 0 bridgehead atoms. The third-order valence-corrected chi connectivity index (χ3v) is 3.80. The number of aromatic nitrogens is 1. The second-order valence-corrected chi connectivity index (χ2v) is 4.86. The molecule has 3 rings (SSSR count). The fraction of sp³-hybridized carbons (Fsp3) is 0.583. The fourth-order valence-electron chi connectivity index (χ4n) is 2.95. The van der Waals surface area contributed by atoms with Gasteiger partial charge in [-0.25, -0.2) is 4.39 Å². The van der Waals surface area contributed by atoms with E-state index in [-0.39, 0.29) is 5.82 Å². The predicted molar refractivity (Wildman–Crippen MR) is 56.1 cm³/mol. The molecule has 2 nitrogen and oxygen atoms in total. The Morgan fingerprint density at radius 3 is 2.87 bits per heavy atom. The minimum atomic E-state index is -0.195. The molecule has 80 valence electrons. The largest absolute Gasteiger partial charge is 0.317 e. The highest BCUT2D eigenvalue weighted by Gasteiger charge is 2.38. The molecule has 2 aliphatic rings. The van der Waals surface area contributed by atoms with Crippen LogP contribution in [0.2, 0.25) is 0 Å². The third-order valence-electron chi connectivity index (χ3n) is 3.80. The summed E-state index contributed by atoms with van der Waals surface area (Å²) >= 11 is 0. The molecule has 0 aromatic carbocycles. The van der Waals surface area contributed by atoms with E-state index in [1.807, 2.05) is 0 Å². The van der Waals surface area contributed by atoms with Gasteiger partial charge in [-0.1, -0.05) is 0 Å². The van der Waals surface area contributed by atoms with E-state index in [1.54, 1.807) is 6.07 Å². The molecule has 0 unspecified atom stereocenters. The lowest BCUT2D eigenvalue weighted by atomic mass is 9.77. The van der Waals surface area contributed by atoms with Gasteiger partial charge in [0.2, 0.25) is 0 Å². The van der Waals surface area contributed by atoms with E-state index < -0.39 is 0 Å². The molecule has 0 radical (unpaired) electrons. The number of rotatable bonds is 0. The van der Waals surface area contributed by atoms with Gasteiger partial charge < -0.3 is 5.32 Å². The van der Waals surface area contributed by atoms with Gasteiger partial charge in [0.25, 0.3) is 0 Å². The van der Waals surface area contributed by atoms with Crippen molar-refractivity contribution in [3.63, 3.8) is 0 Å². The third kappa shape index (κ3) is 1.55. The van der Waals surface area contributed by atoms with Gasteiger partial charge in [-0.2, -0.15) is 0 Å². The predicted octanol–water partition coefficient (Wildman–Crippen LogP) is 1.69. The number of hydrogen-bond acceptors (Lipinski definition) is 2. The smallest absolute Gasteiger partial charge is 0.141 e. The number of piperidine rings is 1. The average Bonchev–Trinajstić information content (AvgIpc) is 2.56. The first-order chi connectivity index (χ1) is 7.27. The maximum absolute atomic E-state index is 13.0. The monoisotopic (exact) mass is 206 g/mol. The minimum absolute atomic E-state index is 0.195. The lowest BCUT2D eigenvalue weighted by Crippen LogP contribution is -2.37. The van der Waals surface area contributed by atoms with E-state index >= 15 is 0 Å². The van der Waals surface area contributed by atoms with Gasteiger partial charge in [0.05, 0.1) is 6.20 Å². The zero-order valence-electron chi connectivity index (χ0n) is 8.72. The number of nitrogens with zero attached hydrogens (tertiary/aromatic N) is 1. The van der Waals surface area contributed by atoms with Gasteiger partial charge in [-0.15, -0.1) is 0 Å². The van der Waals surface area contributed by atoms with Crippen LogP contribution in [0.4, 0.5) is 4.39 Å². The SMILES string of the molecule is Fc1cnc2c(c1)CC1(CCNCC1)C2. The fourth-order valence-corrected chi connectivity index (χ4v) is 2.95. The summed E-state index contributed by atoms with van der Waals surface area (Å²) in [6, 6.07) is 1.67. The van der Waals surface area contributed by atoms with Crippen molar-refractivity contribution < 1.29 is 4.39 Å². The molecule has 1 spiro atoms. The van der Waals surface area contributed by atoms with Crippen LogP contribution in [0.1, 0.15) is 24.1 Å². The van der Waals surface area contributed by atoms with Crippen molar-refractivity contribution in [2.24, 2.45) is 5.41 Å². The Balaban J connectivity index is 1.90. The first kappa shape index (κ1) is 9.28. The van der Waals surface area contributed by atoms with Crippen LogP contribution in [0.25, 0.3) is 0 Å². The lowest BCUT2D eigenvalue weighted by molar-refractivity contribution is 0.215. The summed E-state index contributed by atoms with van der Waals surface area (Å²) in [5, 5.41) is 3.38. The average molecular weight is 206 g/mol. The molecule has 0 saturated carbocycles. The van der Waals surface area contributed by atoms with Gasteiger partial charge in [0.1, 0.15) is 5.82 Å². The molecule has 1 aliphatic carbocycles. The Hall–Kier alpha value is -0.960. The van der Waals surface area contributed by atoms with Crippen LogP contribution >= 0.6 is 0 Å². The van der Waals surface area contributed by atoms with Crippen molar-refractivity contribution in [2.75, 3.05) is 13.1 Å². The molecule has 0 atom stereocenters. The molecule has 3 heteroatoms. The molecule has 1 aromatic rings. The molecule has 1 aliphatic heterocycles. The van der Waals surface area contributed by atoms with E-state index in [0.717, 1.165) is 37.2 Å². The molecule has 1 aromatic heterocycles. The van der Waals surface area contributed by atoms with E-state index in [2.05, 4.69) is 10.3 Å². The maximum Gasteiger partial charge on any atom is 0.141 e. The number of halogens is 1. The van der Waals surface area contributed by atoms with Crippen molar-refractivity contribution in [2.45, 2.75) is 25.7 Å². The lowest BCUT2D eigenvalue weighted by Gasteiger charge is -2.33. The molecule has 0 amide bonds. The van der Waals surface area contributed by atoms with Crippen LogP contribution in [0.5, 0.6) is 0 Å². The van der Waals surface area contributed by atoms with E-state index in [0.29, 0.717) is 5.41 Å². The van der Waals surface area contributed by atoms with E-state index in [1.165, 1.54) is 19.0 Å². The Labute approximate surface area is 88.9 Å². The number of fused-ring (bicyclic) bond motifs is 1. The summed E-state index contributed by atoms with van der Waals surface area (Å²) in [6.45, 7) is 2.19. The van der Waals surface area contributed by atoms with Crippen LogP contribution < -0.4 is 5.32 Å². The highest BCUT2D eigenvalue weighted by molar-refractivity contribution is 5.29. The zero-order chi connectivity index (χ0) is 10.3. The van der Waals surface area contributed by atoms with Crippen LogP contribution in [0.15, 0.2) is 12.3 Å². The Morgan fingerprint density at radius 2 is 2.07 bits per heavy atom. The highest BCUT2D eigenvalue weighted by atomic mass is 19.1. The molecule has 1 N–H and O–H groups in total. The second kappa shape index (κ2) is 3.27. The van der Waals surface area contributed by atoms with Crippen LogP contribution in [-0.2, 0) is 12.8 Å². The van der Waals surface area contributed by atoms with Crippen molar-refractivity contribution in [1.82, 2.24) is 10.3 Å². The second-order valence-electron chi connectivity index (χ2n) is 4.86. The van der Waals surface area contributed by atoms with E-state index in [4.69, 9.17) is 0 Å². The summed E-state index contributed by atoms with van der Waals surface area (Å²) in [4.78, 5) is 4.21. The van der Waals surface area contributed by atoms with Gasteiger partial charge in [-0.3, -0.25) is 4.98 Å². The van der Waals surface area contributed by atoms with Gasteiger partial charge >= 0.3 is 0 Å². The molecule has 2 heterocycles. The van der Waals surface area contributed by atoms with Crippen molar-refractivity contribution in [3.05, 3.63) is 29.3 Å². The summed E-state index contributed by atoms with van der Waals surface area (Å²) in [5.41, 5.74) is 2.64. The summed E-state index contributed by atoms with van der Waals surface area (Å²) < 4.78 is 13.0. The molecule has 1 saturated heterocycles. The molecular formula is C12H15FN2. The first-order valence-electron chi connectivity index (χ1n) is 5.62. The summed E-state index contributed by atoms with van der Waals surface area (Å²) in [7, 11) is 0. The highest BCUT2D eigenvalue weighted by Crippen LogP contribution is 2.42. The zero-order valence-corrected chi connectivity index (χ0v) is 8.72. The number of pyridine rings is 1. The molecule has 1 fully saturated rings. The summed E-state index contributed by atoms with van der Waals surface area (Å²) in [6.07, 6.45) is 5.81. The topological polar surface area (TPSA) is 24.9 Å². The van der Waals surface area contributed by atoms with Gasteiger partial charge in [0.15, 0.2) is 0 Å². The standard InChI is InChI=1S/C12H15FN2/c13-10-5-9-6-12(1-3-14-4-2-12)7-11(9)15-8-10/h5,8,14H,1-4,6-7H2. The first-order valence-corrected chi connectivity index (χ1v) is 5.62. The van der Waals surface area contributed by atoms with Crippen molar-refractivity contribution in [3.8, 4) is 0 Å². The Bertz CT molecular complexity index is 383. The van der Waals surface area contributed by atoms with Crippen LogP contribution in [-0.4, -0.2) is 18.1 Å². The van der Waals surface area contributed by atoms with E-state index in [9.17, 15) is 4.39 Å². The minimum Gasteiger partial charge on any atom is -0.317 e. The number of nitrogens with one attached hydrogen (secondary N) is 1. The normalized spacial score (nSPS) is 23.0. The Kier molecular flexibility index (Phi) is 2.02. The quantitative estimate of drug-likeness (QED) is 0.698.